The van der Waals surface area contributed by atoms with Gasteiger partial charge in [-0.25, -0.2) is 0 Å². The molecule has 0 unspecified atom stereocenters. The maximum absolute atomic E-state index is 6.43. The van der Waals surface area contributed by atoms with Crippen LogP contribution in [0, 0.1) is 0 Å². The van der Waals surface area contributed by atoms with Crippen molar-refractivity contribution in [1.82, 2.24) is 4.57 Å². The second-order valence-electron chi connectivity index (χ2n) is 15.7. The summed E-state index contributed by atoms with van der Waals surface area (Å²) < 4.78 is 8.84. The van der Waals surface area contributed by atoms with Gasteiger partial charge in [-0.2, -0.15) is 0 Å². The largest absolute Gasteiger partial charge is 0.455 e. The fourth-order valence-corrected chi connectivity index (χ4v) is 9.30. The highest BCUT2D eigenvalue weighted by molar-refractivity contribution is 6.11. The molecule has 0 saturated heterocycles. The zero-order chi connectivity index (χ0) is 40.3. The van der Waals surface area contributed by atoms with Crippen LogP contribution in [0.4, 0.5) is 17.1 Å². The van der Waals surface area contributed by atoms with Crippen molar-refractivity contribution in [2.24, 2.45) is 0 Å². The molecule has 2 heterocycles. The van der Waals surface area contributed by atoms with Crippen LogP contribution in [0.15, 0.2) is 235 Å². The molecular weight excluding hydrogens is 741 g/mol. The molecule has 12 rings (SSSR count). The highest BCUT2D eigenvalue weighted by Crippen LogP contribution is 2.42. The Morgan fingerprint density at radius 2 is 0.902 bits per heavy atom. The number of benzene rings is 10. The Kier molecular flexibility index (Phi) is 8.17. The molecule has 0 N–H and O–H groups in total. The van der Waals surface area contributed by atoms with E-state index >= 15 is 0 Å². The minimum absolute atomic E-state index is 0.909. The number of nitrogens with zero attached hydrogens (tertiary/aromatic N) is 2. The van der Waals surface area contributed by atoms with Gasteiger partial charge < -0.3 is 13.9 Å². The van der Waals surface area contributed by atoms with Gasteiger partial charge in [-0.05, 0) is 99.8 Å². The van der Waals surface area contributed by atoms with Crippen LogP contribution in [0.2, 0.25) is 0 Å². The molecule has 286 valence electrons. The van der Waals surface area contributed by atoms with Gasteiger partial charge in [-0.3, -0.25) is 0 Å². The molecule has 0 atom stereocenters. The van der Waals surface area contributed by atoms with E-state index in [1.807, 2.05) is 12.1 Å². The minimum Gasteiger partial charge on any atom is -0.455 e. The standard InChI is InChI=1S/C58H38N2O/c1-2-14-39(15-3-1)41-16-12-17-46(37-41)59(47-35-32-42-36-44(29-28-43(42)38-47)49-22-13-23-53-52-21-7-11-27-57(52)61-58(49)53)45-33-30-40(31-34-45)48-18-4-8-24-54(48)60-55-25-9-5-19-50(55)51-20-6-10-26-56(51)60/h1-38H. The van der Waals surface area contributed by atoms with Crippen LogP contribution >= 0.6 is 0 Å². The van der Waals surface area contributed by atoms with Crippen molar-refractivity contribution in [2.75, 3.05) is 4.90 Å². The number of rotatable bonds is 7. The molecule has 10 aromatic carbocycles. The number of hydrogen-bond donors (Lipinski definition) is 0. The Bertz CT molecular complexity index is 3540. The Morgan fingerprint density at radius 3 is 1.72 bits per heavy atom. The third-order valence-corrected chi connectivity index (χ3v) is 12.2. The summed E-state index contributed by atoms with van der Waals surface area (Å²) in [4.78, 5) is 2.37. The number of furan rings is 1. The molecule has 0 amide bonds. The lowest BCUT2D eigenvalue weighted by Crippen LogP contribution is -2.10. The summed E-state index contributed by atoms with van der Waals surface area (Å²) in [5.41, 5.74) is 15.6. The summed E-state index contributed by atoms with van der Waals surface area (Å²) in [6.45, 7) is 0. The first-order valence-electron chi connectivity index (χ1n) is 20.8. The summed E-state index contributed by atoms with van der Waals surface area (Å²) >= 11 is 0. The lowest BCUT2D eigenvalue weighted by molar-refractivity contribution is 0.670. The molecule has 0 aliphatic heterocycles. The summed E-state index contributed by atoms with van der Waals surface area (Å²) in [5, 5.41) is 7.13. The van der Waals surface area contributed by atoms with Gasteiger partial charge in [0.15, 0.2) is 0 Å². The van der Waals surface area contributed by atoms with Crippen molar-refractivity contribution in [2.45, 2.75) is 0 Å². The van der Waals surface area contributed by atoms with Gasteiger partial charge in [0.05, 0.1) is 16.7 Å². The molecule has 0 spiro atoms. The van der Waals surface area contributed by atoms with Gasteiger partial charge in [-0.15, -0.1) is 0 Å². The molecular formula is C58H38N2O. The SMILES string of the molecule is c1ccc(-c2cccc(N(c3ccc(-c4ccccc4-n4c5ccccc5c5ccccc54)cc3)c3ccc4cc(-c5cccc6c5oc5ccccc56)ccc4c3)c2)cc1. The lowest BCUT2D eigenvalue weighted by Gasteiger charge is -2.27. The molecule has 0 fully saturated rings. The van der Waals surface area contributed by atoms with Gasteiger partial charge in [0, 0.05) is 49.7 Å². The average Bonchev–Trinajstić information content (AvgIpc) is 3.88. The van der Waals surface area contributed by atoms with Crippen molar-refractivity contribution < 1.29 is 4.42 Å². The molecule has 0 saturated carbocycles. The molecule has 61 heavy (non-hydrogen) atoms. The predicted octanol–water partition coefficient (Wildman–Crippen LogP) is 16.3. The van der Waals surface area contributed by atoms with E-state index in [1.165, 1.54) is 49.3 Å². The quantitative estimate of drug-likeness (QED) is 0.161. The molecule has 0 radical (unpaired) electrons. The van der Waals surface area contributed by atoms with E-state index < -0.39 is 0 Å². The molecule has 12 aromatic rings. The fraction of sp³-hybridized carbons (Fsp3) is 0. The molecule has 3 nitrogen and oxygen atoms in total. The number of anilines is 3. The highest BCUT2D eigenvalue weighted by atomic mass is 16.3. The average molecular weight is 779 g/mol. The molecule has 0 bridgehead atoms. The zero-order valence-corrected chi connectivity index (χ0v) is 33.2. The third kappa shape index (κ3) is 5.90. The predicted molar refractivity (Wildman–Crippen MR) is 257 cm³/mol. The first kappa shape index (κ1) is 34.9. The summed E-state index contributed by atoms with van der Waals surface area (Å²) in [6, 6.07) is 82.9. The number of para-hydroxylation sites is 5. The van der Waals surface area contributed by atoms with Crippen molar-refractivity contribution in [1.29, 1.82) is 0 Å². The third-order valence-electron chi connectivity index (χ3n) is 12.2. The molecule has 0 aliphatic carbocycles. The number of fused-ring (bicyclic) bond motifs is 7. The van der Waals surface area contributed by atoms with E-state index in [0.717, 1.165) is 61.4 Å². The van der Waals surface area contributed by atoms with E-state index in [9.17, 15) is 0 Å². The van der Waals surface area contributed by atoms with Crippen molar-refractivity contribution in [3.63, 3.8) is 0 Å². The van der Waals surface area contributed by atoms with E-state index in [1.54, 1.807) is 0 Å². The second-order valence-corrected chi connectivity index (χ2v) is 15.7. The zero-order valence-electron chi connectivity index (χ0n) is 33.2. The smallest absolute Gasteiger partial charge is 0.143 e. The first-order valence-corrected chi connectivity index (χ1v) is 20.8. The summed E-state index contributed by atoms with van der Waals surface area (Å²) in [6.07, 6.45) is 0. The van der Waals surface area contributed by atoms with Crippen molar-refractivity contribution in [3.8, 4) is 39.1 Å². The van der Waals surface area contributed by atoms with Gasteiger partial charge in [-0.1, -0.05) is 164 Å². The molecule has 3 heteroatoms. The highest BCUT2D eigenvalue weighted by Gasteiger charge is 2.18. The van der Waals surface area contributed by atoms with Gasteiger partial charge >= 0.3 is 0 Å². The van der Waals surface area contributed by atoms with E-state index in [-0.39, 0.29) is 0 Å². The van der Waals surface area contributed by atoms with Crippen LogP contribution in [-0.2, 0) is 0 Å². The second kappa shape index (κ2) is 14.3. The van der Waals surface area contributed by atoms with Crippen molar-refractivity contribution >= 4 is 71.6 Å². The number of hydrogen-bond acceptors (Lipinski definition) is 2. The van der Waals surface area contributed by atoms with Gasteiger partial charge in [0.1, 0.15) is 11.2 Å². The van der Waals surface area contributed by atoms with Crippen LogP contribution in [0.3, 0.4) is 0 Å². The van der Waals surface area contributed by atoms with Crippen LogP contribution < -0.4 is 4.90 Å². The van der Waals surface area contributed by atoms with Crippen LogP contribution in [0.5, 0.6) is 0 Å². The van der Waals surface area contributed by atoms with E-state index in [4.69, 9.17) is 4.42 Å². The Morgan fingerprint density at radius 1 is 0.328 bits per heavy atom. The minimum atomic E-state index is 0.909. The van der Waals surface area contributed by atoms with E-state index in [0.29, 0.717) is 0 Å². The maximum atomic E-state index is 6.43. The number of aromatic nitrogens is 1. The van der Waals surface area contributed by atoms with E-state index in [2.05, 4.69) is 228 Å². The first-order chi connectivity index (χ1) is 30.2. The topological polar surface area (TPSA) is 21.3 Å². The van der Waals surface area contributed by atoms with Gasteiger partial charge in [0.2, 0.25) is 0 Å². The maximum Gasteiger partial charge on any atom is 0.143 e. The van der Waals surface area contributed by atoms with Crippen LogP contribution in [0.1, 0.15) is 0 Å². The molecule has 0 aliphatic rings. The Balaban J connectivity index is 0.966. The monoisotopic (exact) mass is 778 g/mol. The fourth-order valence-electron chi connectivity index (χ4n) is 9.30. The lowest BCUT2D eigenvalue weighted by atomic mass is 9.98. The van der Waals surface area contributed by atoms with Crippen LogP contribution in [0.25, 0.3) is 93.6 Å². The van der Waals surface area contributed by atoms with Crippen LogP contribution in [-0.4, -0.2) is 4.57 Å². The summed E-state index contributed by atoms with van der Waals surface area (Å²) in [5.74, 6) is 0. The molecule has 2 aromatic heterocycles. The Labute approximate surface area is 353 Å². The van der Waals surface area contributed by atoms with Gasteiger partial charge in [0.25, 0.3) is 0 Å². The normalized spacial score (nSPS) is 11.6. The van der Waals surface area contributed by atoms with Crippen molar-refractivity contribution in [3.05, 3.63) is 231 Å². The Hall–Kier alpha value is -8.14. The summed E-state index contributed by atoms with van der Waals surface area (Å²) in [7, 11) is 0.